The Balaban J connectivity index is 1.72. The van der Waals surface area contributed by atoms with Crippen molar-refractivity contribution in [1.29, 1.82) is 0 Å². The van der Waals surface area contributed by atoms with Crippen LogP contribution in [-0.4, -0.2) is 44.0 Å². The number of hydrogen-bond acceptors (Lipinski definition) is 3. The highest BCUT2D eigenvalue weighted by atomic mass is 79.9. The van der Waals surface area contributed by atoms with Gasteiger partial charge in [-0.3, -0.25) is 4.79 Å². The van der Waals surface area contributed by atoms with Gasteiger partial charge >= 0.3 is 0 Å². The number of carbonyl (C=O) groups is 1. The predicted molar refractivity (Wildman–Crippen MR) is 90.5 cm³/mol. The van der Waals surface area contributed by atoms with E-state index in [1.807, 2.05) is 24.3 Å². The first-order valence-corrected chi connectivity index (χ1v) is 8.21. The average molecular weight is 354 g/mol. The van der Waals surface area contributed by atoms with Crippen molar-refractivity contribution in [2.24, 2.45) is 5.41 Å². The van der Waals surface area contributed by atoms with Crippen LogP contribution >= 0.6 is 15.9 Å². The average Bonchev–Trinajstić information content (AvgIpc) is 2.42. The summed E-state index contributed by atoms with van der Waals surface area (Å²) in [7, 11) is 2.17. The van der Waals surface area contributed by atoms with Crippen LogP contribution in [0.3, 0.4) is 0 Å². The van der Waals surface area contributed by atoms with Crippen LogP contribution in [0.15, 0.2) is 28.7 Å². The molecule has 1 aromatic carbocycles. The van der Waals surface area contributed by atoms with Crippen molar-refractivity contribution in [3.8, 4) is 0 Å². The third kappa shape index (κ3) is 5.41. The molecule has 1 aliphatic rings. The van der Waals surface area contributed by atoms with Gasteiger partial charge in [0.05, 0.1) is 6.54 Å². The van der Waals surface area contributed by atoms with Crippen molar-refractivity contribution >= 4 is 27.5 Å². The summed E-state index contributed by atoms with van der Waals surface area (Å²) in [6.07, 6.45) is 2.37. The van der Waals surface area contributed by atoms with Gasteiger partial charge in [-0.1, -0.05) is 28.9 Å². The minimum absolute atomic E-state index is 0.00428. The molecule has 1 saturated heterocycles. The summed E-state index contributed by atoms with van der Waals surface area (Å²) in [6, 6.07) is 7.64. The van der Waals surface area contributed by atoms with Crippen molar-refractivity contribution in [3.63, 3.8) is 0 Å². The number of benzene rings is 1. The Bertz CT molecular complexity index is 484. The standard InChI is InChI=1S/C16H24BrN3O/c1-16(6-8-20(2)9-7-16)12-18-11-15(21)19-14-5-3-4-13(17)10-14/h3-5,10,18H,6-9,11-12H2,1-2H3,(H,19,21). The van der Waals surface area contributed by atoms with Gasteiger partial charge in [0.25, 0.3) is 0 Å². The van der Waals surface area contributed by atoms with Crippen LogP contribution in [0.5, 0.6) is 0 Å². The minimum Gasteiger partial charge on any atom is -0.325 e. The second kappa shape index (κ2) is 7.38. The van der Waals surface area contributed by atoms with Gasteiger partial charge in [0.2, 0.25) is 5.91 Å². The van der Waals surface area contributed by atoms with Crippen molar-refractivity contribution in [2.75, 3.05) is 38.5 Å². The molecule has 2 N–H and O–H groups in total. The molecule has 0 bridgehead atoms. The van der Waals surface area contributed by atoms with Crippen molar-refractivity contribution in [1.82, 2.24) is 10.2 Å². The fourth-order valence-corrected chi connectivity index (χ4v) is 2.98. The first kappa shape index (κ1) is 16.5. The van der Waals surface area contributed by atoms with Gasteiger partial charge in [-0.2, -0.15) is 0 Å². The largest absolute Gasteiger partial charge is 0.325 e. The number of nitrogens with one attached hydrogen (secondary N) is 2. The van der Waals surface area contributed by atoms with Gasteiger partial charge in [0.15, 0.2) is 0 Å². The maximum Gasteiger partial charge on any atom is 0.238 e. The Morgan fingerprint density at radius 2 is 2.10 bits per heavy atom. The van der Waals surface area contributed by atoms with E-state index in [4.69, 9.17) is 0 Å². The lowest BCUT2D eigenvalue weighted by molar-refractivity contribution is -0.115. The van der Waals surface area contributed by atoms with Crippen molar-refractivity contribution in [3.05, 3.63) is 28.7 Å². The predicted octanol–water partition coefficient (Wildman–Crippen LogP) is 2.71. The Labute approximate surface area is 135 Å². The molecule has 0 spiro atoms. The van der Waals surface area contributed by atoms with Crippen LogP contribution in [-0.2, 0) is 4.79 Å². The van der Waals surface area contributed by atoms with Gasteiger partial charge in [0.1, 0.15) is 0 Å². The van der Waals surface area contributed by atoms with Gasteiger partial charge in [-0.15, -0.1) is 0 Å². The normalized spacial score (nSPS) is 18.4. The lowest BCUT2D eigenvalue weighted by atomic mass is 9.80. The molecule has 0 radical (unpaired) electrons. The second-order valence-corrected chi connectivity index (χ2v) is 7.19. The van der Waals surface area contributed by atoms with Gasteiger partial charge in [0, 0.05) is 16.7 Å². The maximum atomic E-state index is 11.9. The molecule has 0 aliphatic carbocycles. The topological polar surface area (TPSA) is 44.4 Å². The van der Waals surface area contributed by atoms with Gasteiger partial charge in [-0.25, -0.2) is 0 Å². The lowest BCUT2D eigenvalue weighted by Crippen LogP contribution is -2.43. The molecule has 0 unspecified atom stereocenters. The molecule has 1 aliphatic heterocycles. The Morgan fingerprint density at radius 1 is 1.38 bits per heavy atom. The SMILES string of the molecule is CN1CCC(C)(CNCC(=O)Nc2cccc(Br)c2)CC1. The summed E-state index contributed by atoms with van der Waals surface area (Å²) < 4.78 is 0.965. The smallest absolute Gasteiger partial charge is 0.238 e. The molecule has 116 valence electrons. The van der Waals surface area contributed by atoms with E-state index < -0.39 is 0 Å². The number of amides is 1. The number of hydrogen-bond donors (Lipinski definition) is 2. The molecule has 0 atom stereocenters. The summed E-state index contributed by atoms with van der Waals surface area (Å²) >= 11 is 3.40. The zero-order valence-electron chi connectivity index (χ0n) is 12.8. The number of likely N-dealkylation sites (tertiary alicyclic amines) is 1. The minimum atomic E-state index is 0.00428. The molecule has 1 heterocycles. The van der Waals surface area contributed by atoms with E-state index in [-0.39, 0.29) is 5.91 Å². The van der Waals surface area contributed by atoms with E-state index in [1.165, 1.54) is 12.8 Å². The molecule has 0 aromatic heterocycles. The maximum absolute atomic E-state index is 11.9. The number of anilines is 1. The highest BCUT2D eigenvalue weighted by molar-refractivity contribution is 9.10. The summed E-state index contributed by atoms with van der Waals surface area (Å²) in [5, 5.41) is 6.20. The first-order valence-electron chi connectivity index (χ1n) is 7.42. The van der Waals surface area contributed by atoms with Crippen molar-refractivity contribution in [2.45, 2.75) is 19.8 Å². The Kier molecular flexibility index (Phi) is 5.79. The molecule has 1 amide bonds. The van der Waals surface area contributed by atoms with E-state index in [0.29, 0.717) is 12.0 Å². The van der Waals surface area contributed by atoms with E-state index >= 15 is 0 Å². The Hall–Kier alpha value is -0.910. The molecule has 1 aromatic rings. The monoisotopic (exact) mass is 353 g/mol. The van der Waals surface area contributed by atoms with Crippen LogP contribution in [0.2, 0.25) is 0 Å². The quantitative estimate of drug-likeness (QED) is 0.855. The molecule has 0 saturated carbocycles. The summed E-state index contributed by atoms with van der Waals surface area (Å²) in [5.74, 6) is 0.00428. The fraction of sp³-hybridized carbons (Fsp3) is 0.562. The molecular formula is C16H24BrN3O. The molecular weight excluding hydrogens is 330 g/mol. The third-order valence-corrected chi connectivity index (χ3v) is 4.63. The van der Waals surface area contributed by atoms with E-state index in [2.05, 4.69) is 45.4 Å². The first-order chi connectivity index (χ1) is 9.97. The lowest BCUT2D eigenvalue weighted by Gasteiger charge is -2.38. The van der Waals surface area contributed by atoms with Crippen LogP contribution in [0, 0.1) is 5.41 Å². The molecule has 2 rings (SSSR count). The highest BCUT2D eigenvalue weighted by Crippen LogP contribution is 2.29. The summed E-state index contributed by atoms with van der Waals surface area (Å²) in [5.41, 5.74) is 1.13. The fourth-order valence-electron chi connectivity index (χ4n) is 2.58. The van der Waals surface area contributed by atoms with Gasteiger partial charge < -0.3 is 15.5 Å². The zero-order chi connectivity index (χ0) is 15.3. The number of halogens is 1. The van der Waals surface area contributed by atoms with Crippen LogP contribution in [0.25, 0.3) is 0 Å². The number of piperidine rings is 1. The molecule has 21 heavy (non-hydrogen) atoms. The molecule has 4 nitrogen and oxygen atoms in total. The Morgan fingerprint density at radius 3 is 2.76 bits per heavy atom. The van der Waals surface area contributed by atoms with Crippen molar-refractivity contribution < 1.29 is 4.79 Å². The van der Waals surface area contributed by atoms with E-state index in [0.717, 1.165) is 29.8 Å². The van der Waals surface area contributed by atoms with E-state index in [9.17, 15) is 4.79 Å². The number of carbonyl (C=O) groups excluding carboxylic acids is 1. The van der Waals surface area contributed by atoms with Gasteiger partial charge in [-0.05, 0) is 56.6 Å². The number of rotatable bonds is 5. The van der Waals surface area contributed by atoms with Crippen LogP contribution < -0.4 is 10.6 Å². The third-order valence-electron chi connectivity index (χ3n) is 4.14. The summed E-state index contributed by atoms with van der Waals surface area (Å²) in [4.78, 5) is 14.3. The van der Waals surface area contributed by atoms with Crippen LogP contribution in [0.4, 0.5) is 5.69 Å². The summed E-state index contributed by atoms with van der Waals surface area (Å²) in [6.45, 7) is 5.84. The zero-order valence-corrected chi connectivity index (χ0v) is 14.4. The van der Waals surface area contributed by atoms with E-state index in [1.54, 1.807) is 0 Å². The molecule has 1 fully saturated rings. The second-order valence-electron chi connectivity index (χ2n) is 6.28. The highest BCUT2D eigenvalue weighted by Gasteiger charge is 2.28. The van der Waals surface area contributed by atoms with Crippen LogP contribution in [0.1, 0.15) is 19.8 Å². The number of nitrogens with zero attached hydrogens (tertiary/aromatic N) is 1. The molecule has 5 heteroatoms.